The smallest absolute Gasteiger partial charge is 0.142 e. The SMILES string of the molecule is Cc1ccc(C(C)Nc2ccccc2OC(C)C)o1. The van der Waals surface area contributed by atoms with Gasteiger partial charge in [0.2, 0.25) is 0 Å². The Labute approximate surface area is 114 Å². The van der Waals surface area contributed by atoms with Crippen LogP contribution >= 0.6 is 0 Å². The van der Waals surface area contributed by atoms with Crippen LogP contribution in [-0.4, -0.2) is 6.10 Å². The quantitative estimate of drug-likeness (QED) is 0.855. The van der Waals surface area contributed by atoms with Crippen molar-refractivity contribution in [3.05, 3.63) is 47.9 Å². The number of nitrogens with one attached hydrogen (secondary N) is 1. The number of anilines is 1. The first-order chi connectivity index (χ1) is 9.06. The van der Waals surface area contributed by atoms with Crippen molar-refractivity contribution in [3.8, 4) is 5.75 Å². The second kappa shape index (κ2) is 5.83. The van der Waals surface area contributed by atoms with Crippen LogP contribution in [0, 0.1) is 6.92 Å². The van der Waals surface area contributed by atoms with E-state index >= 15 is 0 Å². The van der Waals surface area contributed by atoms with Crippen molar-refractivity contribution in [2.45, 2.75) is 39.8 Å². The fraction of sp³-hybridized carbons (Fsp3) is 0.375. The predicted octanol–water partition coefficient (Wildman–Crippen LogP) is 4.55. The van der Waals surface area contributed by atoms with Gasteiger partial charge in [0.1, 0.15) is 17.3 Å². The lowest BCUT2D eigenvalue weighted by molar-refractivity contribution is 0.243. The van der Waals surface area contributed by atoms with Crippen LogP contribution in [0.3, 0.4) is 0 Å². The normalized spacial score (nSPS) is 12.5. The van der Waals surface area contributed by atoms with E-state index in [1.54, 1.807) is 0 Å². The lowest BCUT2D eigenvalue weighted by atomic mass is 10.2. The lowest BCUT2D eigenvalue weighted by Crippen LogP contribution is -2.10. The summed E-state index contributed by atoms with van der Waals surface area (Å²) in [4.78, 5) is 0. The van der Waals surface area contributed by atoms with E-state index in [0.717, 1.165) is 23.0 Å². The first kappa shape index (κ1) is 13.5. The highest BCUT2D eigenvalue weighted by atomic mass is 16.5. The van der Waals surface area contributed by atoms with E-state index < -0.39 is 0 Å². The summed E-state index contributed by atoms with van der Waals surface area (Å²) < 4.78 is 11.4. The molecule has 0 saturated carbocycles. The molecule has 0 aliphatic carbocycles. The first-order valence-corrected chi connectivity index (χ1v) is 6.65. The zero-order valence-electron chi connectivity index (χ0n) is 11.9. The molecular formula is C16H21NO2. The van der Waals surface area contributed by atoms with Gasteiger partial charge < -0.3 is 14.5 Å². The van der Waals surface area contributed by atoms with Gasteiger partial charge in [-0.1, -0.05) is 12.1 Å². The van der Waals surface area contributed by atoms with Gasteiger partial charge in [0, 0.05) is 0 Å². The summed E-state index contributed by atoms with van der Waals surface area (Å²) in [6, 6.07) is 12.0. The number of hydrogen-bond acceptors (Lipinski definition) is 3. The number of rotatable bonds is 5. The minimum absolute atomic E-state index is 0.102. The molecular weight excluding hydrogens is 238 g/mol. The Bertz CT molecular complexity index is 531. The highest BCUT2D eigenvalue weighted by Crippen LogP contribution is 2.29. The fourth-order valence-electron chi connectivity index (χ4n) is 1.93. The Hall–Kier alpha value is -1.90. The Morgan fingerprint density at radius 1 is 1.05 bits per heavy atom. The van der Waals surface area contributed by atoms with Crippen molar-refractivity contribution < 1.29 is 9.15 Å². The van der Waals surface area contributed by atoms with E-state index in [4.69, 9.17) is 9.15 Å². The molecule has 3 heteroatoms. The van der Waals surface area contributed by atoms with Gasteiger partial charge in [0.15, 0.2) is 0 Å². The zero-order valence-corrected chi connectivity index (χ0v) is 11.9. The molecule has 1 atom stereocenters. The average molecular weight is 259 g/mol. The van der Waals surface area contributed by atoms with Gasteiger partial charge in [-0.2, -0.15) is 0 Å². The van der Waals surface area contributed by atoms with Crippen LogP contribution in [0.2, 0.25) is 0 Å². The molecule has 0 aliphatic heterocycles. The summed E-state index contributed by atoms with van der Waals surface area (Å²) in [6.07, 6.45) is 0.157. The van der Waals surface area contributed by atoms with Crippen LogP contribution < -0.4 is 10.1 Å². The monoisotopic (exact) mass is 259 g/mol. The summed E-state index contributed by atoms with van der Waals surface area (Å²) in [6.45, 7) is 8.07. The van der Waals surface area contributed by atoms with Crippen LogP contribution in [0.5, 0.6) is 5.75 Å². The summed E-state index contributed by atoms with van der Waals surface area (Å²) in [7, 11) is 0. The third kappa shape index (κ3) is 3.53. The van der Waals surface area contributed by atoms with Gasteiger partial charge in [-0.05, 0) is 52.0 Å². The van der Waals surface area contributed by atoms with Gasteiger partial charge in [-0.15, -0.1) is 0 Å². The average Bonchev–Trinajstić information content (AvgIpc) is 2.78. The maximum atomic E-state index is 5.79. The topological polar surface area (TPSA) is 34.4 Å². The molecule has 2 aromatic rings. The predicted molar refractivity (Wildman–Crippen MR) is 77.7 cm³/mol. The summed E-state index contributed by atoms with van der Waals surface area (Å²) in [5.74, 6) is 2.72. The first-order valence-electron chi connectivity index (χ1n) is 6.65. The lowest BCUT2D eigenvalue weighted by Gasteiger charge is -2.18. The van der Waals surface area contributed by atoms with Gasteiger partial charge in [0.05, 0.1) is 17.8 Å². The maximum absolute atomic E-state index is 5.79. The van der Waals surface area contributed by atoms with E-state index in [1.165, 1.54) is 0 Å². The van der Waals surface area contributed by atoms with E-state index in [1.807, 2.05) is 57.2 Å². The highest BCUT2D eigenvalue weighted by molar-refractivity contribution is 5.57. The standard InChI is InChI=1S/C16H21NO2/c1-11(2)18-16-8-6-5-7-14(16)17-13(4)15-10-9-12(3)19-15/h5-11,13,17H,1-4H3. The number of furan rings is 1. The number of ether oxygens (including phenoxy) is 1. The third-order valence-electron chi connectivity index (χ3n) is 2.81. The molecule has 0 radical (unpaired) electrons. The Kier molecular flexibility index (Phi) is 4.15. The largest absolute Gasteiger partial charge is 0.489 e. The van der Waals surface area contributed by atoms with Crippen molar-refractivity contribution >= 4 is 5.69 Å². The Balaban J connectivity index is 2.14. The van der Waals surface area contributed by atoms with Crippen LogP contribution in [0.15, 0.2) is 40.8 Å². The van der Waals surface area contributed by atoms with Crippen molar-refractivity contribution in [2.75, 3.05) is 5.32 Å². The van der Waals surface area contributed by atoms with Gasteiger partial charge in [0.25, 0.3) is 0 Å². The molecule has 3 nitrogen and oxygen atoms in total. The molecule has 19 heavy (non-hydrogen) atoms. The summed E-state index contributed by atoms with van der Waals surface area (Å²) in [5, 5.41) is 3.43. The second-order valence-corrected chi connectivity index (χ2v) is 4.98. The molecule has 2 rings (SSSR count). The summed E-state index contributed by atoms with van der Waals surface area (Å²) in [5.41, 5.74) is 0.984. The molecule has 1 unspecified atom stereocenters. The molecule has 0 aliphatic rings. The number of hydrogen-bond donors (Lipinski definition) is 1. The second-order valence-electron chi connectivity index (χ2n) is 4.98. The van der Waals surface area contributed by atoms with Crippen molar-refractivity contribution in [3.63, 3.8) is 0 Å². The number of benzene rings is 1. The molecule has 0 spiro atoms. The van der Waals surface area contributed by atoms with Gasteiger partial charge in [-0.3, -0.25) is 0 Å². The fourth-order valence-corrected chi connectivity index (χ4v) is 1.93. The summed E-state index contributed by atoms with van der Waals surface area (Å²) >= 11 is 0. The molecule has 1 N–H and O–H groups in total. The molecule has 0 saturated heterocycles. The van der Waals surface area contributed by atoms with Crippen LogP contribution in [0.4, 0.5) is 5.69 Å². The molecule has 0 fully saturated rings. The minimum Gasteiger partial charge on any atom is -0.489 e. The molecule has 0 amide bonds. The minimum atomic E-state index is 0.102. The van der Waals surface area contributed by atoms with Crippen LogP contribution in [0.25, 0.3) is 0 Å². The maximum Gasteiger partial charge on any atom is 0.142 e. The van der Waals surface area contributed by atoms with Crippen molar-refractivity contribution in [1.29, 1.82) is 0 Å². The molecule has 1 aromatic carbocycles. The van der Waals surface area contributed by atoms with Crippen molar-refractivity contribution in [2.24, 2.45) is 0 Å². The van der Waals surface area contributed by atoms with E-state index in [2.05, 4.69) is 12.2 Å². The molecule has 1 heterocycles. The molecule has 1 aromatic heterocycles. The molecule has 0 bridgehead atoms. The van der Waals surface area contributed by atoms with Crippen LogP contribution in [-0.2, 0) is 0 Å². The number of aryl methyl sites for hydroxylation is 1. The van der Waals surface area contributed by atoms with Crippen LogP contribution in [0.1, 0.15) is 38.3 Å². The Morgan fingerprint density at radius 2 is 1.79 bits per heavy atom. The van der Waals surface area contributed by atoms with Gasteiger partial charge in [-0.25, -0.2) is 0 Å². The van der Waals surface area contributed by atoms with Gasteiger partial charge >= 0.3 is 0 Å². The number of para-hydroxylation sites is 2. The van der Waals surface area contributed by atoms with E-state index in [9.17, 15) is 0 Å². The Morgan fingerprint density at radius 3 is 2.42 bits per heavy atom. The van der Waals surface area contributed by atoms with E-state index in [-0.39, 0.29) is 12.1 Å². The third-order valence-corrected chi connectivity index (χ3v) is 2.81. The van der Waals surface area contributed by atoms with Crippen molar-refractivity contribution in [1.82, 2.24) is 0 Å². The van der Waals surface area contributed by atoms with E-state index in [0.29, 0.717) is 0 Å². The molecule has 102 valence electrons. The highest BCUT2D eigenvalue weighted by Gasteiger charge is 2.12. The zero-order chi connectivity index (χ0) is 13.8.